The molecule has 7 nitrogen and oxygen atoms in total. The summed E-state index contributed by atoms with van der Waals surface area (Å²) in [5.74, 6) is 0.895. The summed E-state index contributed by atoms with van der Waals surface area (Å²) < 4.78 is 1.84. The van der Waals surface area contributed by atoms with E-state index in [2.05, 4.69) is 43.3 Å². The first-order chi connectivity index (χ1) is 14.8. The van der Waals surface area contributed by atoms with Crippen LogP contribution in [-0.4, -0.2) is 46.5 Å². The fourth-order valence-corrected chi connectivity index (χ4v) is 3.75. The van der Waals surface area contributed by atoms with Crippen LogP contribution in [0.4, 0.5) is 17.2 Å². The molecule has 30 heavy (non-hydrogen) atoms. The van der Waals surface area contributed by atoms with Gasteiger partial charge in [-0.1, -0.05) is 6.07 Å². The molecule has 3 aromatic heterocycles. The number of amides is 1. The van der Waals surface area contributed by atoms with Gasteiger partial charge in [-0.25, -0.2) is 9.97 Å². The molecule has 7 heteroatoms. The standard InChI is InChI=1S/C23H22N6O/c30-23(18-4-9-22-25-11-12-29(22)17-18)26-19-5-7-20(8-6-19)27-13-15-28(16-14-27)21-3-1-2-10-24-21/h1-12,17H,13-16H2,(H,26,30). The molecule has 0 saturated carbocycles. The summed E-state index contributed by atoms with van der Waals surface area (Å²) in [5, 5.41) is 2.97. The molecule has 0 spiro atoms. The van der Waals surface area contributed by atoms with Gasteiger partial charge < -0.3 is 19.5 Å². The van der Waals surface area contributed by atoms with Gasteiger partial charge in [0.05, 0.1) is 5.56 Å². The molecule has 150 valence electrons. The third-order valence-electron chi connectivity index (χ3n) is 5.39. The van der Waals surface area contributed by atoms with Gasteiger partial charge in [0.15, 0.2) is 0 Å². The highest BCUT2D eigenvalue weighted by atomic mass is 16.1. The smallest absolute Gasteiger partial charge is 0.257 e. The Morgan fingerprint density at radius 1 is 0.833 bits per heavy atom. The summed E-state index contributed by atoms with van der Waals surface area (Å²) >= 11 is 0. The van der Waals surface area contributed by atoms with E-state index in [9.17, 15) is 4.79 Å². The summed E-state index contributed by atoms with van der Waals surface area (Å²) in [5.41, 5.74) is 3.35. The van der Waals surface area contributed by atoms with Crippen LogP contribution in [-0.2, 0) is 0 Å². The van der Waals surface area contributed by atoms with E-state index in [1.165, 1.54) is 0 Å². The summed E-state index contributed by atoms with van der Waals surface area (Å²) in [7, 11) is 0. The van der Waals surface area contributed by atoms with Gasteiger partial charge in [0, 0.05) is 62.3 Å². The Balaban J connectivity index is 1.21. The monoisotopic (exact) mass is 398 g/mol. The minimum atomic E-state index is -0.137. The average molecular weight is 398 g/mol. The van der Waals surface area contributed by atoms with Crippen molar-refractivity contribution >= 4 is 28.7 Å². The SMILES string of the molecule is O=C(Nc1ccc(N2CCN(c3ccccn3)CC2)cc1)c1ccc2nccn2c1. The number of hydrogen-bond acceptors (Lipinski definition) is 5. The first-order valence-corrected chi connectivity index (χ1v) is 10.0. The molecule has 1 saturated heterocycles. The average Bonchev–Trinajstić information content (AvgIpc) is 3.28. The molecule has 0 unspecified atom stereocenters. The topological polar surface area (TPSA) is 65.8 Å². The van der Waals surface area contributed by atoms with Gasteiger partial charge in [0.2, 0.25) is 0 Å². The number of carbonyl (C=O) groups is 1. The van der Waals surface area contributed by atoms with Crippen LogP contribution in [0, 0.1) is 0 Å². The maximum atomic E-state index is 12.6. The van der Waals surface area contributed by atoms with Crippen molar-refractivity contribution in [3.63, 3.8) is 0 Å². The van der Waals surface area contributed by atoms with Crippen molar-refractivity contribution < 1.29 is 4.79 Å². The minimum Gasteiger partial charge on any atom is -0.368 e. The maximum absolute atomic E-state index is 12.6. The lowest BCUT2D eigenvalue weighted by atomic mass is 10.2. The van der Waals surface area contributed by atoms with Gasteiger partial charge >= 0.3 is 0 Å². The van der Waals surface area contributed by atoms with E-state index < -0.39 is 0 Å². The van der Waals surface area contributed by atoms with Crippen LogP contribution in [0.25, 0.3) is 5.65 Å². The predicted octanol–water partition coefficient (Wildman–Crippen LogP) is 3.31. The molecule has 4 aromatic rings. The van der Waals surface area contributed by atoms with Crippen LogP contribution in [0.5, 0.6) is 0 Å². The van der Waals surface area contributed by atoms with Gasteiger partial charge in [-0.3, -0.25) is 4.79 Å². The lowest BCUT2D eigenvalue weighted by molar-refractivity contribution is 0.102. The molecule has 1 amide bonds. The molecule has 1 aliphatic rings. The van der Waals surface area contributed by atoms with Crippen molar-refractivity contribution in [2.24, 2.45) is 0 Å². The van der Waals surface area contributed by atoms with Crippen LogP contribution in [0.15, 0.2) is 79.4 Å². The van der Waals surface area contributed by atoms with Gasteiger partial charge in [-0.15, -0.1) is 0 Å². The Hall–Kier alpha value is -3.87. The molecule has 1 fully saturated rings. The van der Waals surface area contributed by atoms with Crippen LogP contribution < -0.4 is 15.1 Å². The highest BCUT2D eigenvalue weighted by Gasteiger charge is 2.18. The number of rotatable bonds is 4. The first-order valence-electron chi connectivity index (χ1n) is 10.0. The van der Waals surface area contributed by atoms with E-state index in [-0.39, 0.29) is 5.91 Å². The fraction of sp³-hybridized carbons (Fsp3) is 0.174. The molecule has 0 bridgehead atoms. The molecular weight excluding hydrogens is 376 g/mol. The minimum absolute atomic E-state index is 0.137. The lowest BCUT2D eigenvalue weighted by Gasteiger charge is -2.36. The molecule has 1 aliphatic heterocycles. The highest BCUT2D eigenvalue weighted by molar-refractivity contribution is 6.04. The molecule has 1 aromatic carbocycles. The van der Waals surface area contributed by atoms with E-state index in [1.54, 1.807) is 18.5 Å². The molecule has 5 rings (SSSR count). The Labute approximate surface area is 174 Å². The number of anilines is 3. The Morgan fingerprint density at radius 3 is 2.40 bits per heavy atom. The van der Waals surface area contributed by atoms with Crippen molar-refractivity contribution in [1.29, 1.82) is 0 Å². The molecule has 0 atom stereocenters. The fourth-order valence-electron chi connectivity index (χ4n) is 3.75. The quantitative estimate of drug-likeness (QED) is 0.571. The number of carbonyl (C=O) groups excluding carboxylic acids is 1. The van der Waals surface area contributed by atoms with E-state index in [4.69, 9.17) is 0 Å². The Morgan fingerprint density at radius 2 is 1.63 bits per heavy atom. The van der Waals surface area contributed by atoms with E-state index in [1.807, 2.05) is 47.1 Å². The zero-order valence-corrected chi connectivity index (χ0v) is 16.5. The predicted molar refractivity (Wildman–Crippen MR) is 118 cm³/mol. The maximum Gasteiger partial charge on any atom is 0.257 e. The zero-order chi connectivity index (χ0) is 20.3. The van der Waals surface area contributed by atoms with Crippen LogP contribution in [0.1, 0.15) is 10.4 Å². The third-order valence-corrected chi connectivity index (χ3v) is 5.39. The van der Waals surface area contributed by atoms with Gasteiger partial charge in [-0.2, -0.15) is 0 Å². The lowest BCUT2D eigenvalue weighted by Crippen LogP contribution is -2.46. The van der Waals surface area contributed by atoms with E-state index in [0.717, 1.165) is 49.0 Å². The summed E-state index contributed by atoms with van der Waals surface area (Å²) in [4.78, 5) is 25.9. The van der Waals surface area contributed by atoms with Crippen LogP contribution >= 0.6 is 0 Å². The van der Waals surface area contributed by atoms with Crippen molar-refractivity contribution in [2.45, 2.75) is 0 Å². The normalized spacial score (nSPS) is 14.1. The highest BCUT2D eigenvalue weighted by Crippen LogP contribution is 2.21. The van der Waals surface area contributed by atoms with Crippen molar-refractivity contribution in [3.8, 4) is 0 Å². The van der Waals surface area contributed by atoms with Crippen LogP contribution in [0.2, 0.25) is 0 Å². The summed E-state index contributed by atoms with van der Waals surface area (Å²) in [6.07, 6.45) is 7.16. The van der Waals surface area contributed by atoms with Crippen molar-refractivity contribution in [2.75, 3.05) is 41.3 Å². The molecule has 0 aliphatic carbocycles. The Bertz CT molecular complexity index is 1150. The zero-order valence-electron chi connectivity index (χ0n) is 16.5. The molecule has 4 heterocycles. The number of benzene rings is 1. The number of imidazole rings is 1. The number of nitrogens with zero attached hydrogens (tertiary/aromatic N) is 5. The third kappa shape index (κ3) is 3.69. The van der Waals surface area contributed by atoms with Crippen LogP contribution in [0.3, 0.4) is 0 Å². The number of fused-ring (bicyclic) bond motifs is 1. The molecule has 0 radical (unpaired) electrons. The second-order valence-corrected chi connectivity index (χ2v) is 7.27. The van der Waals surface area contributed by atoms with Gasteiger partial charge in [-0.05, 0) is 48.5 Å². The van der Waals surface area contributed by atoms with E-state index in [0.29, 0.717) is 5.56 Å². The van der Waals surface area contributed by atoms with E-state index >= 15 is 0 Å². The largest absolute Gasteiger partial charge is 0.368 e. The van der Waals surface area contributed by atoms with Crippen molar-refractivity contribution in [1.82, 2.24) is 14.4 Å². The first kappa shape index (κ1) is 18.2. The van der Waals surface area contributed by atoms with Gasteiger partial charge in [0.1, 0.15) is 11.5 Å². The number of piperazine rings is 1. The number of pyridine rings is 2. The number of nitrogens with one attached hydrogen (secondary N) is 1. The summed E-state index contributed by atoms with van der Waals surface area (Å²) in [6.45, 7) is 3.75. The molecular formula is C23H22N6O. The summed E-state index contributed by atoms with van der Waals surface area (Å²) in [6, 6.07) is 17.7. The second kappa shape index (κ2) is 7.87. The van der Waals surface area contributed by atoms with Crippen molar-refractivity contribution in [3.05, 3.63) is 84.9 Å². The number of hydrogen-bond donors (Lipinski definition) is 1. The number of aromatic nitrogens is 3. The Kier molecular flexibility index (Phi) is 4.77. The second-order valence-electron chi connectivity index (χ2n) is 7.27. The van der Waals surface area contributed by atoms with Gasteiger partial charge in [0.25, 0.3) is 5.91 Å². The molecule has 1 N–H and O–H groups in total.